The van der Waals surface area contributed by atoms with Gasteiger partial charge in [0.05, 0.1) is 12.7 Å². The van der Waals surface area contributed by atoms with Crippen molar-refractivity contribution in [3.63, 3.8) is 0 Å². The Morgan fingerprint density at radius 3 is 3.10 bits per heavy atom. The van der Waals surface area contributed by atoms with Gasteiger partial charge in [-0.2, -0.15) is 0 Å². The Kier molecular flexibility index (Phi) is 3.94. The van der Waals surface area contributed by atoms with Crippen molar-refractivity contribution >= 4 is 10.9 Å². The van der Waals surface area contributed by atoms with Gasteiger partial charge < -0.3 is 20.1 Å². The van der Waals surface area contributed by atoms with Crippen LogP contribution in [-0.4, -0.2) is 29.8 Å². The molecule has 0 aliphatic carbocycles. The normalized spacial score (nSPS) is 21.0. The minimum Gasteiger partial charge on any atom is -0.494 e. The van der Waals surface area contributed by atoms with Crippen molar-refractivity contribution in [1.82, 2.24) is 10.3 Å². The van der Waals surface area contributed by atoms with Gasteiger partial charge in [-0.3, -0.25) is 0 Å². The summed E-state index contributed by atoms with van der Waals surface area (Å²) in [5, 5.41) is 15.1. The number of benzene rings is 1. The van der Waals surface area contributed by atoms with Gasteiger partial charge in [0, 0.05) is 35.1 Å². The van der Waals surface area contributed by atoms with Crippen molar-refractivity contribution in [2.45, 2.75) is 25.9 Å². The van der Waals surface area contributed by atoms with Crippen LogP contribution in [0.2, 0.25) is 0 Å². The number of fused-ring (bicyclic) bond motifs is 1. The molecular formula is C16H22N2O2. The number of rotatable bonds is 4. The molecule has 2 unspecified atom stereocenters. The fourth-order valence-electron chi connectivity index (χ4n) is 3.02. The summed E-state index contributed by atoms with van der Waals surface area (Å²) < 4.78 is 5.56. The van der Waals surface area contributed by atoms with Gasteiger partial charge in [0.2, 0.25) is 0 Å². The third-order valence-corrected chi connectivity index (χ3v) is 4.10. The number of hydrogen-bond acceptors (Lipinski definition) is 3. The number of aromatic amines is 1. The number of H-pyrrole nitrogens is 1. The molecular weight excluding hydrogens is 252 g/mol. The number of hydrogen-bond donors (Lipinski definition) is 3. The number of aliphatic hydroxyl groups excluding tert-OH is 1. The summed E-state index contributed by atoms with van der Waals surface area (Å²) in [4.78, 5) is 3.24. The number of ether oxygens (including phenoxy) is 1. The van der Waals surface area contributed by atoms with E-state index in [4.69, 9.17) is 4.74 Å². The zero-order chi connectivity index (χ0) is 13.9. The molecule has 0 saturated carbocycles. The summed E-state index contributed by atoms with van der Waals surface area (Å²) >= 11 is 0. The Hall–Kier alpha value is -1.52. The fourth-order valence-corrected chi connectivity index (χ4v) is 3.02. The second-order valence-corrected chi connectivity index (χ2v) is 5.44. The number of aliphatic hydroxyl groups is 1. The molecule has 20 heavy (non-hydrogen) atoms. The Labute approximate surface area is 119 Å². The summed E-state index contributed by atoms with van der Waals surface area (Å²) in [5.74, 6) is 1.15. The Balaban J connectivity index is 1.91. The molecule has 0 radical (unpaired) electrons. The van der Waals surface area contributed by atoms with Gasteiger partial charge >= 0.3 is 0 Å². The summed E-state index contributed by atoms with van der Waals surface area (Å²) in [6.45, 7) is 4.58. The molecule has 3 rings (SSSR count). The van der Waals surface area contributed by atoms with Crippen LogP contribution < -0.4 is 10.1 Å². The molecule has 1 aromatic carbocycles. The van der Waals surface area contributed by atoms with Gasteiger partial charge in [0.1, 0.15) is 5.75 Å². The summed E-state index contributed by atoms with van der Waals surface area (Å²) in [6.07, 6.45) is 3.72. The van der Waals surface area contributed by atoms with Crippen LogP contribution in [-0.2, 0) is 0 Å². The highest BCUT2D eigenvalue weighted by Crippen LogP contribution is 2.33. The van der Waals surface area contributed by atoms with E-state index in [-0.39, 0.29) is 0 Å². The molecule has 2 atom stereocenters. The lowest BCUT2D eigenvalue weighted by Gasteiger charge is -2.27. The average Bonchev–Trinajstić information content (AvgIpc) is 2.91. The summed E-state index contributed by atoms with van der Waals surface area (Å²) in [7, 11) is 0. The van der Waals surface area contributed by atoms with E-state index in [1.807, 2.05) is 31.3 Å². The maximum atomic E-state index is 10.7. The molecule has 2 aromatic rings. The molecule has 3 N–H and O–H groups in total. The maximum absolute atomic E-state index is 10.7. The monoisotopic (exact) mass is 274 g/mol. The van der Waals surface area contributed by atoms with Crippen LogP contribution in [0, 0.1) is 5.92 Å². The van der Waals surface area contributed by atoms with E-state index in [1.165, 1.54) is 0 Å². The van der Waals surface area contributed by atoms with Gasteiger partial charge in [-0.25, -0.2) is 0 Å². The van der Waals surface area contributed by atoms with Crippen molar-refractivity contribution in [2.24, 2.45) is 5.92 Å². The SMILES string of the molecule is CCOc1ccc2[nH]cc(C(O)C3CCCNC3)c2c1. The first-order valence-electron chi connectivity index (χ1n) is 7.42. The predicted molar refractivity (Wildman–Crippen MR) is 80.0 cm³/mol. The number of nitrogens with one attached hydrogen (secondary N) is 2. The predicted octanol–water partition coefficient (Wildman–Crippen LogP) is 2.60. The lowest BCUT2D eigenvalue weighted by atomic mass is 9.89. The largest absolute Gasteiger partial charge is 0.494 e. The van der Waals surface area contributed by atoms with Crippen LogP contribution >= 0.6 is 0 Å². The van der Waals surface area contributed by atoms with E-state index < -0.39 is 6.10 Å². The zero-order valence-electron chi connectivity index (χ0n) is 11.9. The average molecular weight is 274 g/mol. The first-order chi connectivity index (χ1) is 9.79. The Morgan fingerprint density at radius 1 is 1.45 bits per heavy atom. The third-order valence-electron chi connectivity index (χ3n) is 4.10. The van der Waals surface area contributed by atoms with Crippen LogP contribution in [0.3, 0.4) is 0 Å². The minimum atomic E-state index is -0.423. The highest BCUT2D eigenvalue weighted by Gasteiger charge is 2.25. The summed E-state index contributed by atoms with van der Waals surface area (Å²) in [5.41, 5.74) is 2.03. The second-order valence-electron chi connectivity index (χ2n) is 5.44. The lowest BCUT2D eigenvalue weighted by molar-refractivity contribution is 0.0934. The quantitative estimate of drug-likeness (QED) is 0.803. The van der Waals surface area contributed by atoms with E-state index in [1.54, 1.807) is 0 Å². The standard InChI is InChI=1S/C16H22N2O2/c1-2-20-12-5-6-15-13(8-12)14(10-18-15)16(19)11-4-3-7-17-9-11/h5-6,8,10-11,16-19H,2-4,7,9H2,1H3. The van der Waals surface area contributed by atoms with Crippen molar-refractivity contribution in [3.8, 4) is 5.75 Å². The van der Waals surface area contributed by atoms with Crippen LogP contribution in [0.1, 0.15) is 31.4 Å². The Morgan fingerprint density at radius 2 is 2.35 bits per heavy atom. The van der Waals surface area contributed by atoms with Crippen LogP contribution in [0.4, 0.5) is 0 Å². The fraction of sp³-hybridized carbons (Fsp3) is 0.500. The van der Waals surface area contributed by atoms with E-state index >= 15 is 0 Å². The molecule has 1 saturated heterocycles. The number of piperidine rings is 1. The molecule has 4 heteroatoms. The van der Waals surface area contributed by atoms with Crippen LogP contribution in [0.15, 0.2) is 24.4 Å². The van der Waals surface area contributed by atoms with Gasteiger partial charge in [-0.05, 0) is 44.5 Å². The topological polar surface area (TPSA) is 57.3 Å². The first kappa shape index (κ1) is 13.5. The van der Waals surface area contributed by atoms with Gasteiger partial charge in [-0.1, -0.05) is 0 Å². The van der Waals surface area contributed by atoms with E-state index in [2.05, 4.69) is 10.3 Å². The van der Waals surface area contributed by atoms with E-state index in [9.17, 15) is 5.11 Å². The molecule has 2 heterocycles. The van der Waals surface area contributed by atoms with Crippen molar-refractivity contribution in [1.29, 1.82) is 0 Å². The zero-order valence-corrected chi connectivity index (χ0v) is 11.9. The third kappa shape index (κ3) is 2.53. The maximum Gasteiger partial charge on any atom is 0.120 e. The number of aromatic nitrogens is 1. The van der Waals surface area contributed by atoms with Gasteiger partial charge in [0.15, 0.2) is 0 Å². The molecule has 1 aromatic heterocycles. The molecule has 0 amide bonds. The summed E-state index contributed by atoms with van der Waals surface area (Å²) in [6, 6.07) is 5.99. The molecule has 0 bridgehead atoms. The van der Waals surface area contributed by atoms with Gasteiger partial charge in [0.25, 0.3) is 0 Å². The molecule has 1 fully saturated rings. The first-order valence-corrected chi connectivity index (χ1v) is 7.42. The second kappa shape index (κ2) is 5.85. The lowest BCUT2D eigenvalue weighted by Crippen LogP contribution is -2.33. The van der Waals surface area contributed by atoms with Crippen LogP contribution in [0.5, 0.6) is 5.75 Å². The van der Waals surface area contributed by atoms with Gasteiger partial charge in [-0.15, -0.1) is 0 Å². The molecule has 0 spiro atoms. The highest BCUT2D eigenvalue weighted by atomic mass is 16.5. The minimum absolute atomic E-state index is 0.290. The molecule has 4 nitrogen and oxygen atoms in total. The molecule has 1 aliphatic heterocycles. The Bertz CT molecular complexity index is 573. The highest BCUT2D eigenvalue weighted by molar-refractivity contribution is 5.85. The van der Waals surface area contributed by atoms with Crippen LogP contribution in [0.25, 0.3) is 10.9 Å². The smallest absolute Gasteiger partial charge is 0.120 e. The molecule has 108 valence electrons. The van der Waals surface area contributed by atoms with Crippen molar-refractivity contribution < 1.29 is 9.84 Å². The van der Waals surface area contributed by atoms with E-state index in [0.29, 0.717) is 12.5 Å². The molecule has 1 aliphatic rings. The van der Waals surface area contributed by atoms with E-state index in [0.717, 1.165) is 48.1 Å². The van der Waals surface area contributed by atoms with Crippen molar-refractivity contribution in [3.05, 3.63) is 30.0 Å². The van der Waals surface area contributed by atoms with Crippen molar-refractivity contribution in [2.75, 3.05) is 19.7 Å².